The second-order valence-corrected chi connectivity index (χ2v) is 7.03. The number of thiazole rings is 1. The van der Waals surface area contributed by atoms with Gasteiger partial charge < -0.3 is 4.98 Å². The Morgan fingerprint density at radius 3 is 2.65 bits per heavy atom. The average Bonchev–Trinajstić information content (AvgIpc) is 2.83. The number of aryl methyl sites for hydroxylation is 1. The monoisotopic (exact) mass is 300 g/mol. The quantitative estimate of drug-likeness (QED) is 0.705. The summed E-state index contributed by atoms with van der Waals surface area (Å²) in [6.07, 6.45) is 0. The van der Waals surface area contributed by atoms with E-state index in [0.717, 1.165) is 10.3 Å². The molecule has 0 saturated carbocycles. The maximum Gasteiger partial charge on any atom is 0.184 e. The molecule has 1 heterocycles. The molecular weight excluding hydrogens is 284 g/mol. The molecule has 20 heavy (non-hydrogen) atoms. The van der Waals surface area contributed by atoms with Crippen molar-refractivity contribution < 1.29 is 0 Å². The number of thioether (sulfide) groups is 1. The molecule has 0 bridgehead atoms. The van der Waals surface area contributed by atoms with Gasteiger partial charge in [0.2, 0.25) is 0 Å². The Bertz CT molecular complexity index is 750. The fraction of sp³-hybridized carbons (Fsp3) is 0.188. The molecule has 2 nitrogen and oxygen atoms in total. The van der Waals surface area contributed by atoms with E-state index in [1.54, 1.807) is 23.1 Å². The minimum Gasteiger partial charge on any atom is -0.331 e. The lowest BCUT2D eigenvalue weighted by Crippen LogP contribution is -2.03. The van der Waals surface area contributed by atoms with Crippen molar-refractivity contribution in [3.05, 3.63) is 58.9 Å². The van der Waals surface area contributed by atoms with Gasteiger partial charge in [-0.05, 0) is 37.6 Å². The maximum atomic E-state index is 4.76. The molecule has 2 aromatic carbocycles. The lowest BCUT2D eigenvalue weighted by Gasteiger charge is -2.07. The summed E-state index contributed by atoms with van der Waals surface area (Å²) in [7, 11) is 0. The van der Waals surface area contributed by atoms with Gasteiger partial charge >= 0.3 is 0 Å². The van der Waals surface area contributed by atoms with Gasteiger partial charge in [-0.15, -0.1) is 0 Å². The van der Waals surface area contributed by atoms with Crippen molar-refractivity contribution in [2.75, 3.05) is 0 Å². The van der Waals surface area contributed by atoms with Gasteiger partial charge in [0.05, 0.1) is 10.2 Å². The predicted molar refractivity (Wildman–Crippen MR) is 88.2 cm³/mol. The Labute approximate surface area is 126 Å². The summed E-state index contributed by atoms with van der Waals surface area (Å²) in [5, 5.41) is 0.195. The molecule has 102 valence electrons. The molecule has 1 unspecified atom stereocenters. The van der Waals surface area contributed by atoms with Gasteiger partial charge in [0.25, 0.3) is 0 Å². The van der Waals surface area contributed by atoms with E-state index in [0.29, 0.717) is 0 Å². The summed E-state index contributed by atoms with van der Waals surface area (Å²) < 4.78 is 1.25. The summed E-state index contributed by atoms with van der Waals surface area (Å²) in [6, 6.07) is 16.7. The third-order valence-electron chi connectivity index (χ3n) is 3.03. The third-order valence-corrected chi connectivity index (χ3v) is 5.16. The number of hydrogen-bond acceptors (Lipinski definition) is 3. The molecule has 0 saturated heterocycles. The van der Waals surface area contributed by atoms with Crippen LogP contribution in [0.5, 0.6) is 0 Å². The van der Waals surface area contributed by atoms with Gasteiger partial charge in [-0.25, -0.2) is 4.99 Å². The van der Waals surface area contributed by atoms with Crippen LogP contribution in [0.25, 0.3) is 10.2 Å². The maximum absolute atomic E-state index is 4.76. The van der Waals surface area contributed by atoms with Crippen LogP contribution in [-0.2, 0) is 0 Å². The average molecular weight is 300 g/mol. The highest BCUT2D eigenvalue weighted by Gasteiger charge is 2.05. The highest BCUT2D eigenvalue weighted by atomic mass is 32.2. The number of aromatic amines is 1. The van der Waals surface area contributed by atoms with E-state index in [4.69, 9.17) is 4.99 Å². The van der Waals surface area contributed by atoms with E-state index in [1.165, 1.54) is 15.2 Å². The van der Waals surface area contributed by atoms with E-state index in [-0.39, 0.29) is 5.37 Å². The second-order valence-electron chi connectivity index (χ2n) is 4.64. The first-order valence-electron chi connectivity index (χ1n) is 6.56. The van der Waals surface area contributed by atoms with E-state index in [1.807, 2.05) is 6.07 Å². The van der Waals surface area contributed by atoms with E-state index < -0.39 is 0 Å². The molecule has 0 aliphatic heterocycles. The van der Waals surface area contributed by atoms with Crippen molar-refractivity contribution in [1.82, 2.24) is 4.98 Å². The molecule has 1 atom stereocenters. The zero-order chi connectivity index (χ0) is 13.9. The standard InChI is InChI=1S/C16H16N2S2/c1-11-7-3-5-9-14(11)19-12(2)17-16-18-13-8-4-6-10-15(13)20-16/h3-10,12H,1-2H3,(H,17,18). The summed E-state index contributed by atoms with van der Waals surface area (Å²) in [4.78, 5) is 10.4. The highest BCUT2D eigenvalue weighted by Crippen LogP contribution is 2.26. The number of hydrogen-bond donors (Lipinski definition) is 1. The van der Waals surface area contributed by atoms with Gasteiger partial charge in [-0.3, -0.25) is 0 Å². The highest BCUT2D eigenvalue weighted by molar-refractivity contribution is 8.00. The lowest BCUT2D eigenvalue weighted by molar-refractivity contribution is 0.977. The Kier molecular flexibility index (Phi) is 3.94. The number of para-hydroxylation sites is 1. The fourth-order valence-electron chi connectivity index (χ4n) is 2.03. The molecule has 3 aromatic rings. The molecule has 0 spiro atoms. The van der Waals surface area contributed by atoms with Crippen LogP contribution in [0.4, 0.5) is 0 Å². The molecule has 0 aliphatic carbocycles. The minimum absolute atomic E-state index is 0.195. The fourth-order valence-corrected chi connectivity index (χ4v) is 3.99. The molecule has 0 amide bonds. The summed E-state index contributed by atoms with van der Waals surface area (Å²) in [5.41, 5.74) is 2.46. The van der Waals surface area contributed by atoms with E-state index >= 15 is 0 Å². The molecular formula is C16H16N2S2. The molecule has 1 aromatic heterocycles. The molecule has 3 rings (SSSR count). The number of nitrogens with zero attached hydrogens (tertiary/aromatic N) is 1. The summed E-state index contributed by atoms with van der Waals surface area (Å²) in [5.74, 6) is 0. The van der Waals surface area contributed by atoms with Crippen molar-refractivity contribution in [3.63, 3.8) is 0 Å². The largest absolute Gasteiger partial charge is 0.331 e. The molecule has 1 N–H and O–H groups in total. The lowest BCUT2D eigenvalue weighted by atomic mass is 10.2. The number of fused-ring (bicyclic) bond motifs is 1. The van der Waals surface area contributed by atoms with Crippen molar-refractivity contribution in [2.24, 2.45) is 4.99 Å². The zero-order valence-electron chi connectivity index (χ0n) is 11.5. The summed E-state index contributed by atoms with van der Waals surface area (Å²) >= 11 is 3.50. The van der Waals surface area contributed by atoms with Crippen LogP contribution in [0, 0.1) is 6.92 Å². The van der Waals surface area contributed by atoms with Crippen molar-refractivity contribution >= 4 is 33.3 Å². The van der Waals surface area contributed by atoms with E-state index in [2.05, 4.69) is 61.3 Å². The number of aromatic nitrogens is 1. The molecule has 0 radical (unpaired) electrons. The SMILES string of the molecule is Cc1ccccc1SC(C)/N=c1/[nH]c2ccccc2s1. The minimum atomic E-state index is 0.195. The molecule has 0 fully saturated rings. The second kappa shape index (κ2) is 5.85. The summed E-state index contributed by atoms with van der Waals surface area (Å²) in [6.45, 7) is 4.27. The van der Waals surface area contributed by atoms with E-state index in [9.17, 15) is 0 Å². The third kappa shape index (κ3) is 2.97. The Balaban J connectivity index is 1.86. The van der Waals surface area contributed by atoms with Crippen molar-refractivity contribution in [3.8, 4) is 0 Å². The number of H-pyrrole nitrogens is 1. The van der Waals surface area contributed by atoms with Crippen LogP contribution in [0.1, 0.15) is 12.5 Å². The smallest absolute Gasteiger partial charge is 0.184 e. The Morgan fingerprint density at radius 1 is 1.10 bits per heavy atom. The Morgan fingerprint density at radius 2 is 1.85 bits per heavy atom. The Hall–Kier alpha value is -1.52. The van der Waals surface area contributed by atoms with Gasteiger partial charge in [0.1, 0.15) is 5.37 Å². The van der Waals surface area contributed by atoms with Crippen LogP contribution in [-0.4, -0.2) is 10.4 Å². The van der Waals surface area contributed by atoms with Gasteiger partial charge in [0, 0.05) is 4.90 Å². The van der Waals surface area contributed by atoms with Crippen LogP contribution >= 0.6 is 23.1 Å². The molecule has 4 heteroatoms. The first-order valence-corrected chi connectivity index (χ1v) is 8.26. The van der Waals surface area contributed by atoms with Crippen molar-refractivity contribution in [1.29, 1.82) is 0 Å². The first kappa shape index (κ1) is 13.5. The van der Waals surface area contributed by atoms with Gasteiger partial charge in [0.15, 0.2) is 4.80 Å². The number of nitrogens with one attached hydrogen (secondary N) is 1. The number of rotatable bonds is 3. The number of benzene rings is 2. The zero-order valence-corrected chi connectivity index (χ0v) is 13.1. The normalized spacial score (nSPS) is 13.8. The van der Waals surface area contributed by atoms with Crippen LogP contribution in [0.2, 0.25) is 0 Å². The van der Waals surface area contributed by atoms with Crippen LogP contribution in [0.3, 0.4) is 0 Å². The van der Waals surface area contributed by atoms with Crippen molar-refractivity contribution in [2.45, 2.75) is 24.1 Å². The van der Waals surface area contributed by atoms with Gasteiger partial charge in [-0.1, -0.05) is 53.4 Å². The van der Waals surface area contributed by atoms with Crippen LogP contribution in [0.15, 0.2) is 58.4 Å². The van der Waals surface area contributed by atoms with Crippen LogP contribution < -0.4 is 4.80 Å². The molecule has 0 aliphatic rings. The topological polar surface area (TPSA) is 28.1 Å². The predicted octanol–water partition coefficient (Wildman–Crippen LogP) is 4.58. The van der Waals surface area contributed by atoms with Gasteiger partial charge in [-0.2, -0.15) is 0 Å². The first-order chi connectivity index (χ1) is 9.72.